The molecule has 1 N–H and O–H groups in total. The lowest BCUT2D eigenvalue weighted by molar-refractivity contribution is -0.137. The van der Waals surface area contributed by atoms with Gasteiger partial charge in [0.25, 0.3) is 0 Å². The molecule has 23 heavy (non-hydrogen) atoms. The highest BCUT2D eigenvalue weighted by molar-refractivity contribution is 6.27. The molecule has 2 rings (SSSR count). The van der Waals surface area contributed by atoms with Crippen molar-refractivity contribution in [3.8, 4) is 0 Å². The van der Waals surface area contributed by atoms with Crippen LogP contribution in [0.5, 0.6) is 0 Å². The normalized spacial score (nSPS) is 16.9. The number of likely N-dealkylation sites (N-methyl/N-ethyl adjacent to an activating group) is 1. The van der Waals surface area contributed by atoms with E-state index in [9.17, 15) is 9.59 Å². The fraction of sp³-hybridized carbons (Fsp3) is 0.529. The molecule has 0 radical (unpaired) electrons. The summed E-state index contributed by atoms with van der Waals surface area (Å²) in [5.41, 5.74) is 1.02. The minimum Gasteiger partial charge on any atom is -0.343 e. The first-order valence-corrected chi connectivity index (χ1v) is 8.58. The SMILES string of the molecule is CCN1CCN(C(=O)C(Cc2ccccc2)NC(=O)CCl)CC1. The highest BCUT2D eigenvalue weighted by Crippen LogP contribution is 2.09. The minimum atomic E-state index is -0.558. The van der Waals surface area contributed by atoms with E-state index >= 15 is 0 Å². The van der Waals surface area contributed by atoms with Crippen LogP contribution in [0, 0.1) is 0 Å². The summed E-state index contributed by atoms with van der Waals surface area (Å²) < 4.78 is 0. The molecule has 1 aliphatic rings. The molecule has 1 aromatic rings. The number of hydrogen-bond acceptors (Lipinski definition) is 3. The molecule has 126 valence electrons. The summed E-state index contributed by atoms with van der Waals surface area (Å²) in [6.07, 6.45) is 0.482. The van der Waals surface area contributed by atoms with Gasteiger partial charge in [-0.05, 0) is 12.1 Å². The van der Waals surface area contributed by atoms with Gasteiger partial charge in [0, 0.05) is 32.6 Å². The molecule has 1 aliphatic heterocycles. The monoisotopic (exact) mass is 337 g/mol. The number of nitrogens with one attached hydrogen (secondary N) is 1. The van der Waals surface area contributed by atoms with Crippen molar-refractivity contribution in [2.75, 3.05) is 38.6 Å². The molecule has 1 fully saturated rings. The maximum atomic E-state index is 12.8. The molecule has 0 saturated carbocycles. The summed E-state index contributed by atoms with van der Waals surface area (Å²) in [7, 11) is 0. The highest BCUT2D eigenvalue weighted by atomic mass is 35.5. The molecule has 6 heteroatoms. The molecule has 1 unspecified atom stereocenters. The number of benzene rings is 1. The number of carbonyl (C=O) groups is 2. The zero-order chi connectivity index (χ0) is 16.7. The average molecular weight is 338 g/mol. The second-order valence-electron chi connectivity index (χ2n) is 5.70. The number of rotatable bonds is 6. The highest BCUT2D eigenvalue weighted by Gasteiger charge is 2.28. The predicted octanol–water partition coefficient (Wildman–Crippen LogP) is 1.12. The summed E-state index contributed by atoms with van der Waals surface area (Å²) in [6.45, 7) is 6.28. The van der Waals surface area contributed by atoms with E-state index in [1.54, 1.807) is 0 Å². The van der Waals surface area contributed by atoms with E-state index in [1.807, 2.05) is 35.2 Å². The summed E-state index contributed by atoms with van der Waals surface area (Å²) in [4.78, 5) is 28.6. The van der Waals surface area contributed by atoms with Crippen LogP contribution in [-0.2, 0) is 16.0 Å². The largest absolute Gasteiger partial charge is 0.343 e. The lowest BCUT2D eigenvalue weighted by Crippen LogP contribution is -2.55. The first-order chi connectivity index (χ1) is 11.1. The maximum Gasteiger partial charge on any atom is 0.245 e. The maximum absolute atomic E-state index is 12.8. The molecule has 5 nitrogen and oxygen atoms in total. The molecular weight excluding hydrogens is 314 g/mol. The van der Waals surface area contributed by atoms with Gasteiger partial charge in [0.15, 0.2) is 0 Å². The van der Waals surface area contributed by atoms with E-state index in [4.69, 9.17) is 11.6 Å². The van der Waals surface area contributed by atoms with Crippen LogP contribution in [0.2, 0.25) is 0 Å². The van der Waals surface area contributed by atoms with Crippen LogP contribution in [0.15, 0.2) is 30.3 Å². The third-order valence-electron chi connectivity index (χ3n) is 4.17. The second-order valence-corrected chi connectivity index (χ2v) is 5.97. The van der Waals surface area contributed by atoms with Gasteiger partial charge in [-0.1, -0.05) is 37.3 Å². The Morgan fingerprint density at radius 3 is 2.39 bits per heavy atom. The Morgan fingerprint density at radius 1 is 1.17 bits per heavy atom. The van der Waals surface area contributed by atoms with Gasteiger partial charge in [-0.25, -0.2) is 0 Å². The van der Waals surface area contributed by atoms with Gasteiger partial charge in [-0.3, -0.25) is 9.59 Å². The Hall–Kier alpha value is -1.59. The fourth-order valence-electron chi connectivity index (χ4n) is 2.79. The average Bonchev–Trinajstić information content (AvgIpc) is 2.61. The van der Waals surface area contributed by atoms with E-state index in [1.165, 1.54) is 0 Å². The quantitative estimate of drug-likeness (QED) is 0.791. The van der Waals surface area contributed by atoms with E-state index in [2.05, 4.69) is 17.1 Å². The minimum absolute atomic E-state index is 0.0249. The van der Waals surface area contributed by atoms with E-state index < -0.39 is 6.04 Å². The van der Waals surface area contributed by atoms with Crippen molar-refractivity contribution in [2.24, 2.45) is 0 Å². The van der Waals surface area contributed by atoms with E-state index in [-0.39, 0.29) is 17.7 Å². The Labute approximate surface area is 142 Å². The van der Waals surface area contributed by atoms with Gasteiger partial charge in [0.2, 0.25) is 11.8 Å². The number of carbonyl (C=O) groups excluding carboxylic acids is 2. The lowest BCUT2D eigenvalue weighted by atomic mass is 10.0. The molecule has 1 aromatic carbocycles. The van der Waals surface area contributed by atoms with Gasteiger partial charge >= 0.3 is 0 Å². The van der Waals surface area contributed by atoms with Crippen LogP contribution < -0.4 is 5.32 Å². The number of halogens is 1. The first kappa shape index (κ1) is 17.8. The number of alkyl halides is 1. The van der Waals surface area contributed by atoms with Gasteiger partial charge in [-0.2, -0.15) is 0 Å². The summed E-state index contributed by atoms with van der Waals surface area (Å²) in [5.74, 6) is -0.474. The molecule has 0 aromatic heterocycles. The van der Waals surface area contributed by atoms with Crippen molar-refractivity contribution in [1.29, 1.82) is 0 Å². The summed E-state index contributed by atoms with van der Waals surface area (Å²) in [5, 5.41) is 2.76. The van der Waals surface area contributed by atoms with Crippen molar-refractivity contribution < 1.29 is 9.59 Å². The summed E-state index contributed by atoms with van der Waals surface area (Å²) in [6, 6.07) is 9.16. The Morgan fingerprint density at radius 2 is 1.83 bits per heavy atom. The smallest absolute Gasteiger partial charge is 0.245 e. The molecule has 1 heterocycles. The number of nitrogens with zero attached hydrogens (tertiary/aromatic N) is 2. The molecule has 1 atom stereocenters. The zero-order valence-corrected chi connectivity index (χ0v) is 14.3. The van der Waals surface area contributed by atoms with Crippen LogP contribution in [-0.4, -0.2) is 66.3 Å². The standard InChI is InChI=1S/C17H24ClN3O2/c1-2-20-8-10-21(11-9-20)17(23)15(19-16(22)13-18)12-14-6-4-3-5-7-14/h3-7,15H,2,8-13H2,1H3,(H,19,22). The van der Waals surface area contributed by atoms with Crippen LogP contribution in [0.4, 0.5) is 0 Å². The Bertz CT molecular complexity index is 516. The molecular formula is C17H24ClN3O2. The van der Waals surface area contributed by atoms with Gasteiger partial charge in [-0.15, -0.1) is 11.6 Å². The van der Waals surface area contributed by atoms with Gasteiger partial charge in [0.05, 0.1) is 0 Å². The third-order valence-corrected chi connectivity index (χ3v) is 4.41. The Kier molecular flexibility index (Phi) is 6.86. The number of hydrogen-bond donors (Lipinski definition) is 1. The number of amides is 2. The van der Waals surface area contributed by atoms with Crippen molar-refractivity contribution in [3.63, 3.8) is 0 Å². The summed E-state index contributed by atoms with van der Waals surface area (Å²) >= 11 is 5.58. The molecule has 0 spiro atoms. The zero-order valence-electron chi connectivity index (χ0n) is 13.5. The third kappa shape index (κ3) is 5.22. The van der Waals surface area contributed by atoms with E-state index in [0.717, 1.165) is 25.2 Å². The van der Waals surface area contributed by atoms with Crippen LogP contribution in [0.3, 0.4) is 0 Å². The van der Waals surface area contributed by atoms with Crippen molar-refractivity contribution in [1.82, 2.24) is 15.1 Å². The van der Waals surface area contributed by atoms with Crippen molar-refractivity contribution in [3.05, 3.63) is 35.9 Å². The van der Waals surface area contributed by atoms with Crippen LogP contribution >= 0.6 is 11.6 Å². The van der Waals surface area contributed by atoms with Crippen LogP contribution in [0.1, 0.15) is 12.5 Å². The first-order valence-electron chi connectivity index (χ1n) is 8.04. The van der Waals surface area contributed by atoms with Crippen LogP contribution in [0.25, 0.3) is 0 Å². The van der Waals surface area contributed by atoms with Gasteiger partial charge < -0.3 is 15.1 Å². The van der Waals surface area contributed by atoms with Crippen molar-refractivity contribution in [2.45, 2.75) is 19.4 Å². The molecule has 0 aliphatic carbocycles. The van der Waals surface area contributed by atoms with Gasteiger partial charge in [0.1, 0.15) is 11.9 Å². The fourth-order valence-corrected chi connectivity index (χ4v) is 2.86. The topological polar surface area (TPSA) is 52.6 Å². The number of piperazine rings is 1. The van der Waals surface area contributed by atoms with E-state index in [0.29, 0.717) is 19.5 Å². The predicted molar refractivity (Wildman–Crippen MR) is 91.5 cm³/mol. The van der Waals surface area contributed by atoms with Crippen molar-refractivity contribution >= 4 is 23.4 Å². The molecule has 0 bridgehead atoms. The molecule has 1 saturated heterocycles. The Balaban J connectivity index is 2.03. The second kappa shape index (κ2) is 8.89. The lowest BCUT2D eigenvalue weighted by Gasteiger charge is -2.36. The molecule has 2 amide bonds.